The lowest BCUT2D eigenvalue weighted by Gasteiger charge is -2.29. The first-order chi connectivity index (χ1) is 13.6. The number of likely N-dealkylation sites (tertiary alicyclic amines) is 1. The normalized spacial score (nSPS) is 17.5. The lowest BCUT2D eigenvalue weighted by atomic mass is 10.0. The molecule has 3 rings (SSSR count). The maximum atomic E-state index is 13.3. The Morgan fingerprint density at radius 1 is 0.929 bits per heavy atom. The molecule has 2 aliphatic rings. The molecule has 0 aromatic heterocycles. The molecule has 2 heterocycles. The molecule has 0 bridgehead atoms. The van der Waals surface area contributed by atoms with Crippen molar-refractivity contribution in [3.63, 3.8) is 0 Å². The first-order valence-corrected chi connectivity index (χ1v) is 10.2. The van der Waals surface area contributed by atoms with Gasteiger partial charge < -0.3 is 14.4 Å². The monoisotopic (exact) mass is 386 g/mol. The van der Waals surface area contributed by atoms with Crippen molar-refractivity contribution in [1.29, 1.82) is 0 Å². The van der Waals surface area contributed by atoms with E-state index in [2.05, 4.69) is 11.8 Å². The Labute approximate surface area is 167 Å². The number of amides is 2. The number of piperidine rings is 1. The second-order valence-electron chi connectivity index (χ2n) is 7.31. The minimum Gasteiger partial charge on any atom is -0.493 e. The molecule has 1 aromatic rings. The molecular weight excluding hydrogens is 356 g/mol. The Kier molecular flexibility index (Phi) is 6.60. The number of hydrogen-bond acceptors (Lipinski definition) is 5. The van der Waals surface area contributed by atoms with Crippen LogP contribution in [0, 0.1) is 0 Å². The number of rotatable bonds is 8. The molecule has 0 unspecified atom stereocenters. The van der Waals surface area contributed by atoms with E-state index in [0.29, 0.717) is 34.9 Å². The highest BCUT2D eigenvalue weighted by Gasteiger charge is 2.41. The number of methoxy groups -OCH3 is 2. The summed E-state index contributed by atoms with van der Waals surface area (Å²) in [6.07, 6.45) is 6.13. The fourth-order valence-electron chi connectivity index (χ4n) is 3.95. The lowest BCUT2D eigenvalue weighted by molar-refractivity contribution is -0.137. The quantitative estimate of drug-likeness (QED) is 0.506. The molecule has 0 radical (unpaired) electrons. The largest absolute Gasteiger partial charge is 0.493 e. The zero-order valence-corrected chi connectivity index (χ0v) is 17.1. The Morgan fingerprint density at radius 3 is 2.29 bits per heavy atom. The lowest BCUT2D eigenvalue weighted by Crippen LogP contribution is -2.37. The fourth-order valence-corrected chi connectivity index (χ4v) is 3.95. The van der Waals surface area contributed by atoms with E-state index in [9.17, 15) is 9.59 Å². The highest BCUT2D eigenvalue weighted by atomic mass is 16.5. The maximum absolute atomic E-state index is 13.3. The van der Waals surface area contributed by atoms with Crippen LogP contribution < -0.4 is 9.47 Å². The van der Waals surface area contributed by atoms with Gasteiger partial charge >= 0.3 is 0 Å². The summed E-state index contributed by atoms with van der Waals surface area (Å²) in [6, 6.07) is 5.41. The molecular formula is C22H30N2O4. The van der Waals surface area contributed by atoms with Gasteiger partial charge in [0.1, 0.15) is 5.70 Å². The number of unbranched alkanes of at least 4 members (excludes halogenated alkanes) is 2. The number of benzene rings is 1. The van der Waals surface area contributed by atoms with Crippen LogP contribution in [-0.2, 0) is 9.59 Å². The maximum Gasteiger partial charge on any atom is 0.277 e. The SMILES string of the molecule is CCCCCN1C(=O)C(c2ccc(OC)c(OC)c2)=C(N2CCCCC2)C1=O. The van der Waals surface area contributed by atoms with Crippen LogP contribution in [0.2, 0.25) is 0 Å². The predicted molar refractivity (Wildman–Crippen MR) is 108 cm³/mol. The summed E-state index contributed by atoms with van der Waals surface area (Å²) in [4.78, 5) is 30.0. The summed E-state index contributed by atoms with van der Waals surface area (Å²) in [5.74, 6) is 0.791. The number of carbonyl (C=O) groups is 2. The molecule has 1 aromatic carbocycles. The van der Waals surface area contributed by atoms with E-state index >= 15 is 0 Å². The van der Waals surface area contributed by atoms with E-state index < -0.39 is 0 Å². The van der Waals surface area contributed by atoms with Gasteiger partial charge in [0.15, 0.2) is 11.5 Å². The molecule has 0 saturated carbocycles. The molecule has 6 nitrogen and oxygen atoms in total. The van der Waals surface area contributed by atoms with Gasteiger partial charge in [-0.05, 0) is 43.4 Å². The van der Waals surface area contributed by atoms with Crippen molar-refractivity contribution in [3.8, 4) is 11.5 Å². The smallest absolute Gasteiger partial charge is 0.277 e. The van der Waals surface area contributed by atoms with E-state index in [4.69, 9.17) is 9.47 Å². The van der Waals surface area contributed by atoms with Gasteiger partial charge in [0, 0.05) is 19.6 Å². The molecule has 1 saturated heterocycles. The third-order valence-electron chi connectivity index (χ3n) is 5.47. The van der Waals surface area contributed by atoms with Gasteiger partial charge in [0.25, 0.3) is 11.8 Å². The van der Waals surface area contributed by atoms with Crippen molar-refractivity contribution in [2.24, 2.45) is 0 Å². The molecule has 0 N–H and O–H groups in total. The van der Waals surface area contributed by atoms with Gasteiger partial charge in [0.2, 0.25) is 0 Å². The van der Waals surface area contributed by atoms with Crippen LogP contribution >= 0.6 is 0 Å². The summed E-state index contributed by atoms with van der Waals surface area (Å²) < 4.78 is 10.7. The van der Waals surface area contributed by atoms with Crippen LogP contribution in [0.15, 0.2) is 23.9 Å². The van der Waals surface area contributed by atoms with Gasteiger partial charge in [-0.1, -0.05) is 25.8 Å². The minimum absolute atomic E-state index is 0.159. The van der Waals surface area contributed by atoms with Gasteiger partial charge in [-0.3, -0.25) is 14.5 Å². The van der Waals surface area contributed by atoms with Crippen LogP contribution in [0.3, 0.4) is 0 Å². The molecule has 0 aliphatic carbocycles. The van der Waals surface area contributed by atoms with Crippen molar-refractivity contribution in [2.75, 3.05) is 33.9 Å². The molecule has 28 heavy (non-hydrogen) atoms. The zero-order valence-electron chi connectivity index (χ0n) is 17.1. The molecule has 0 spiro atoms. The minimum atomic E-state index is -0.200. The van der Waals surface area contributed by atoms with Crippen molar-refractivity contribution in [3.05, 3.63) is 29.5 Å². The number of ether oxygens (including phenoxy) is 2. The number of imide groups is 1. The van der Waals surface area contributed by atoms with Crippen molar-refractivity contribution in [2.45, 2.75) is 45.4 Å². The highest BCUT2D eigenvalue weighted by Crippen LogP contribution is 2.37. The third kappa shape index (κ3) is 3.86. The molecule has 6 heteroatoms. The summed E-state index contributed by atoms with van der Waals surface area (Å²) in [6.45, 7) is 4.21. The van der Waals surface area contributed by atoms with Crippen LogP contribution in [-0.4, -0.2) is 55.5 Å². The average Bonchev–Trinajstić information content (AvgIpc) is 2.98. The van der Waals surface area contributed by atoms with E-state index in [1.54, 1.807) is 26.4 Å². The molecule has 0 atom stereocenters. The highest BCUT2D eigenvalue weighted by molar-refractivity contribution is 6.35. The van der Waals surface area contributed by atoms with E-state index in [-0.39, 0.29) is 11.8 Å². The third-order valence-corrected chi connectivity index (χ3v) is 5.47. The van der Waals surface area contributed by atoms with Gasteiger partial charge in [0.05, 0.1) is 19.8 Å². The van der Waals surface area contributed by atoms with Crippen LogP contribution in [0.25, 0.3) is 5.57 Å². The summed E-state index contributed by atoms with van der Waals surface area (Å²) in [7, 11) is 3.15. The topological polar surface area (TPSA) is 59.1 Å². The van der Waals surface area contributed by atoms with Crippen LogP contribution in [0.4, 0.5) is 0 Å². The second-order valence-corrected chi connectivity index (χ2v) is 7.31. The number of carbonyl (C=O) groups excluding carboxylic acids is 2. The zero-order chi connectivity index (χ0) is 20.1. The van der Waals surface area contributed by atoms with E-state index in [1.807, 2.05) is 6.07 Å². The molecule has 1 fully saturated rings. The Morgan fingerprint density at radius 2 is 1.64 bits per heavy atom. The standard InChI is InChI=1S/C22H30N2O4/c1-4-5-7-14-24-21(25)19(16-10-11-17(27-2)18(15-16)28-3)20(22(24)26)23-12-8-6-9-13-23/h10-11,15H,4-9,12-14H2,1-3H3. The number of nitrogens with zero attached hydrogens (tertiary/aromatic N) is 2. The van der Waals surface area contributed by atoms with E-state index in [1.165, 1.54) is 4.90 Å². The summed E-state index contributed by atoms with van der Waals surface area (Å²) in [5, 5.41) is 0. The Bertz CT molecular complexity index is 766. The first-order valence-electron chi connectivity index (χ1n) is 10.2. The van der Waals surface area contributed by atoms with Gasteiger partial charge in [-0.2, -0.15) is 0 Å². The van der Waals surface area contributed by atoms with Crippen LogP contribution in [0.1, 0.15) is 51.0 Å². The molecule has 152 valence electrons. The van der Waals surface area contributed by atoms with Gasteiger partial charge in [-0.15, -0.1) is 0 Å². The van der Waals surface area contributed by atoms with Gasteiger partial charge in [-0.25, -0.2) is 0 Å². The predicted octanol–water partition coefficient (Wildman–Crippen LogP) is 3.46. The Balaban J connectivity index is 2.02. The molecule has 2 amide bonds. The van der Waals surface area contributed by atoms with Crippen LogP contribution in [0.5, 0.6) is 11.5 Å². The fraction of sp³-hybridized carbons (Fsp3) is 0.545. The average molecular weight is 386 g/mol. The van der Waals surface area contributed by atoms with E-state index in [0.717, 1.165) is 51.6 Å². The second kappa shape index (κ2) is 9.13. The van der Waals surface area contributed by atoms with Crippen molar-refractivity contribution >= 4 is 17.4 Å². The summed E-state index contributed by atoms with van der Waals surface area (Å²) in [5.41, 5.74) is 1.74. The Hall–Kier alpha value is -2.50. The van der Waals surface area contributed by atoms with Crippen molar-refractivity contribution < 1.29 is 19.1 Å². The first kappa shape index (κ1) is 20.2. The van der Waals surface area contributed by atoms with Crippen molar-refractivity contribution in [1.82, 2.24) is 9.80 Å². The summed E-state index contributed by atoms with van der Waals surface area (Å²) >= 11 is 0. The molecule has 2 aliphatic heterocycles. The number of hydrogen-bond donors (Lipinski definition) is 0.